The van der Waals surface area contributed by atoms with Gasteiger partial charge in [0.15, 0.2) is 0 Å². The topological polar surface area (TPSA) is 29.3 Å². The molecule has 0 spiro atoms. The maximum absolute atomic E-state index is 13.3. The Morgan fingerprint density at radius 1 is 1.07 bits per heavy atom. The number of benzene rings is 2. The Hall–Kier alpha value is -2.17. The molecule has 3 heterocycles. The first kappa shape index (κ1) is 17.9. The molecule has 28 heavy (non-hydrogen) atoms. The number of nitrogens with zero attached hydrogens (tertiary/aromatic N) is 2. The quantitative estimate of drug-likeness (QED) is 0.554. The van der Waals surface area contributed by atoms with Gasteiger partial charge in [0.1, 0.15) is 17.3 Å². The highest BCUT2D eigenvalue weighted by molar-refractivity contribution is 6.30. The Bertz CT molecular complexity index is 969. The second-order valence-corrected chi connectivity index (χ2v) is 8.44. The SMILES string of the molecule is CN1C2CCC1[C@@H](c1cc(-c3ccc(F)cc3)no1)[C@@H](c1ccc(Cl)cc1)C2. The van der Waals surface area contributed by atoms with Crippen LogP contribution in [-0.4, -0.2) is 29.2 Å². The standard InChI is InChI=1S/C23H22ClFN2O/c1-27-18-10-11-21(27)23(19(12-18)14-2-6-16(24)7-3-14)22-13-20(26-28-22)15-4-8-17(25)9-5-15/h2-9,13,18-19,21,23H,10-12H2,1H3/t18?,19-,21?,23+/m1/s1. The molecule has 0 aliphatic carbocycles. The minimum Gasteiger partial charge on any atom is -0.360 e. The van der Waals surface area contributed by atoms with E-state index in [2.05, 4.69) is 29.2 Å². The molecule has 4 atom stereocenters. The Kier molecular flexibility index (Phi) is 4.48. The lowest BCUT2D eigenvalue weighted by Crippen LogP contribution is -2.44. The molecule has 5 heteroatoms. The summed E-state index contributed by atoms with van der Waals surface area (Å²) in [6, 6.07) is 17.7. The monoisotopic (exact) mass is 396 g/mol. The molecule has 5 rings (SSSR count). The van der Waals surface area contributed by atoms with Gasteiger partial charge in [-0.25, -0.2) is 4.39 Å². The van der Waals surface area contributed by atoms with Crippen LogP contribution >= 0.6 is 11.6 Å². The molecule has 0 radical (unpaired) electrons. The number of fused-ring (bicyclic) bond motifs is 2. The zero-order valence-corrected chi connectivity index (χ0v) is 16.4. The molecule has 2 saturated heterocycles. The van der Waals surface area contributed by atoms with E-state index in [1.165, 1.54) is 30.5 Å². The van der Waals surface area contributed by atoms with Gasteiger partial charge in [-0.2, -0.15) is 0 Å². The Labute approximate surface area is 169 Å². The van der Waals surface area contributed by atoms with Crippen molar-refractivity contribution in [2.45, 2.75) is 43.2 Å². The van der Waals surface area contributed by atoms with Gasteiger partial charge in [0.2, 0.25) is 0 Å². The van der Waals surface area contributed by atoms with Crippen LogP contribution < -0.4 is 0 Å². The molecule has 2 aliphatic rings. The van der Waals surface area contributed by atoms with Crippen molar-refractivity contribution in [1.82, 2.24) is 10.1 Å². The fourth-order valence-corrected chi connectivity index (χ4v) is 5.24. The molecule has 0 amide bonds. The maximum Gasteiger partial charge on any atom is 0.142 e. The molecule has 2 unspecified atom stereocenters. The molecule has 0 N–H and O–H groups in total. The first-order valence-corrected chi connectivity index (χ1v) is 10.2. The molecular weight excluding hydrogens is 375 g/mol. The van der Waals surface area contributed by atoms with Gasteiger partial charge in [-0.1, -0.05) is 28.9 Å². The molecule has 144 valence electrons. The number of hydrogen-bond donors (Lipinski definition) is 0. The molecule has 1 aromatic heterocycles. The van der Waals surface area contributed by atoms with Crippen molar-refractivity contribution in [2.24, 2.45) is 0 Å². The van der Waals surface area contributed by atoms with Gasteiger partial charge in [0.25, 0.3) is 0 Å². The van der Waals surface area contributed by atoms with Crippen molar-refractivity contribution >= 4 is 11.6 Å². The van der Waals surface area contributed by atoms with E-state index in [4.69, 9.17) is 16.1 Å². The van der Waals surface area contributed by atoms with Crippen LogP contribution in [0.25, 0.3) is 11.3 Å². The van der Waals surface area contributed by atoms with Gasteiger partial charge >= 0.3 is 0 Å². The van der Waals surface area contributed by atoms with Crippen LogP contribution in [0.4, 0.5) is 4.39 Å². The lowest BCUT2D eigenvalue weighted by atomic mass is 9.75. The van der Waals surface area contributed by atoms with Gasteiger partial charge in [-0.15, -0.1) is 0 Å². The highest BCUT2D eigenvalue weighted by Gasteiger charge is 2.48. The smallest absolute Gasteiger partial charge is 0.142 e. The Balaban J connectivity index is 1.53. The Morgan fingerprint density at radius 2 is 1.82 bits per heavy atom. The van der Waals surface area contributed by atoms with Crippen molar-refractivity contribution < 1.29 is 8.91 Å². The lowest BCUT2D eigenvalue weighted by molar-refractivity contribution is 0.122. The van der Waals surface area contributed by atoms with E-state index in [1.54, 1.807) is 12.1 Å². The summed E-state index contributed by atoms with van der Waals surface area (Å²) in [5.41, 5.74) is 2.93. The number of likely N-dealkylation sites (N-methyl/N-ethyl adjacent to an activating group) is 1. The lowest BCUT2D eigenvalue weighted by Gasteiger charge is -2.42. The summed E-state index contributed by atoms with van der Waals surface area (Å²) in [6.07, 6.45) is 3.50. The largest absolute Gasteiger partial charge is 0.360 e. The first-order valence-electron chi connectivity index (χ1n) is 9.80. The van der Waals surface area contributed by atoms with Gasteiger partial charge < -0.3 is 4.52 Å². The number of piperidine rings is 1. The minimum absolute atomic E-state index is 0.242. The number of rotatable bonds is 3. The second kappa shape index (κ2) is 7.02. The number of aromatic nitrogens is 1. The maximum atomic E-state index is 13.3. The van der Waals surface area contributed by atoms with E-state index >= 15 is 0 Å². The van der Waals surface area contributed by atoms with E-state index in [0.717, 1.165) is 28.5 Å². The number of hydrogen-bond acceptors (Lipinski definition) is 3. The molecule has 2 bridgehead atoms. The third-order valence-corrected chi connectivity index (χ3v) is 6.82. The van der Waals surface area contributed by atoms with Crippen LogP contribution in [0.1, 0.15) is 42.4 Å². The van der Waals surface area contributed by atoms with Crippen LogP contribution in [0.2, 0.25) is 5.02 Å². The fraction of sp³-hybridized carbons (Fsp3) is 0.348. The van der Waals surface area contributed by atoms with Crippen LogP contribution in [-0.2, 0) is 0 Å². The molecule has 3 aromatic rings. The van der Waals surface area contributed by atoms with Crippen LogP contribution in [0.3, 0.4) is 0 Å². The highest BCUT2D eigenvalue weighted by Crippen LogP contribution is 2.51. The van der Waals surface area contributed by atoms with E-state index in [1.807, 2.05) is 18.2 Å². The van der Waals surface area contributed by atoms with Gasteiger partial charge in [-0.05, 0) is 74.2 Å². The van der Waals surface area contributed by atoms with Crippen LogP contribution in [0.5, 0.6) is 0 Å². The zero-order chi connectivity index (χ0) is 19.3. The summed E-state index contributed by atoms with van der Waals surface area (Å²) in [6.45, 7) is 0. The molecular formula is C23H22ClFN2O. The molecule has 0 saturated carbocycles. The van der Waals surface area contributed by atoms with E-state index < -0.39 is 0 Å². The van der Waals surface area contributed by atoms with E-state index in [-0.39, 0.29) is 11.7 Å². The predicted molar refractivity (Wildman–Crippen MR) is 108 cm³/mol. The Morgan fingerprint density at radius 3 is 2.57 bits per heavy atom. The first-order chi connectivity index (χ1) is 13.6. The normalized spacial score (nSPS) is 27.2. The van der Waals surface area contributed by atoms with Crippen molar-refractivity contribution in [2.75, 3.05) is 7.05 Å². The van der Waals surface area contributed by atoms with E-state index in [0.29, 0.717) is 18.0 Å². The summed E-state index contributed by atoms with van der Waals surface area (Å²) in [5.74, 6) is 1.28. The van der Waals surface area contributed by atoms with Crippen molar-refractivity contribution in [3.63, 3.8) is 0 Å². The minimum atomic E-state index is -0.249. The third-order valence-electron chi connectivity index (χ3n) is 6.56. The zero-order valence-electron chi connectivity index (χ0n) is 15.7. The average Bonchev–Trinajstić information content (AvgIpc) is 3.26. The summed E-state index contributed by atoms with van der Waals surface area (Å²) >= 11 is 6.12. The number of halogens is 2. The molecule has 2 fully saturated rings. The summed E-state index contributed by atoms with van der Waals surface area (Å²) in [4.78, 5) is 2.51. The van der Waals surface area contributed by atoms with Gasteiger partial charge in [0, 0.05) is 34.7 Å². The molecule has 2 aliphatic heterocycles. The second-order valence-electron chi connectivity index (χ2n) is 8.00. The summed E-state index contributed by atoms with van der Waals surface area (Å²) in [7, 11) is 2.23. The predicted octanol–water partition coefficient (Wildman–Crippen LogP) is 5.87. The summed E-state index contributed by atoms with van der Waals surface area (Å²) < 4.78 is 19.1. The average molecular weight is 397 g/mol. The van der Waals surface area contributed by atoms with Gasteiger partial charge in [-0.3, -0.25) is 4.90 Å². The fourth-order valence-electron chi connectivity index (χ4n) is 5.11. The van der Waals surface area contributed by atoms with E-state index in [9.17, 15) is 4.39 Å². The van der Waals surface area contributed by atoms with Crippen molar-refractivity contribution in [3.05, 3.63) is 76.8 Å². The molecule has 3 nitrogen and oxygen atoms in total. The van der Waals surface area contributed by atoms with Crippen molar-refractivity contribution in [3.8, 4) is 11.3 Å². The summed E-state index contributed by atoms with van der Waals surface area (Å²) in [5, 5.41) is 5.06. The van der Waals surface area contributed by atoms with Crippen molar-refractivity contribution in [1.29, 1.82) is 0 Å². The molecule has 2 aromatic carbocycles. The van der Waals surface area contributed by atoms with Gasteiger partial charge in [0.05, 0.1) is 0 Å². The third kappa shape index (κ3) is 3.05. The highest BCUT2D eigenvalue weighted by atomic mass is 35.5. The van der Waals surface area contributed by atoms with Crippen LogP contribution in [0.15, 0.2) is 59.1 Å². The van der Waals surface area contributed by atoms with Crippen LogP contribution in [0, 0.1) is 5.82 Å².